The fourth-order valence-electron chi connectivity index (χ4n) is 2.96. The van der Waals surface area contributed by atoms with E-state index in [1.165, 1.54) is 0 Å². The van der Waals surface area contributed by atoms with Crippen LogP contribution in [0, 0.1) is 5.92 Å². The topological polar surface area (TPSA) is 58.9 Å². The zero-order valence-corrected chi connectivity index (χ0v) is 14.3. The number of hydrogen-bond acceptors (Lipinski definition) is 4. The van der Waals surface area contributed by atoms with E-state index in [1.807, 2.05) is 0 Å². The first-order valence-electron chi connectivity index (χ1n) is 7.23. The first-order chi connectivity index (χ1) is 9.92. The smallest absolute Gasteiger partial charge is 0.142 e. The van der Waals surface area contributed by atoms with Gasteiger partial charge in [0.25, 0.3) is 0 Å². The Bertz CT molecular complexity index is 495. The van der Waals surface area contributed by atoms with Gasteiger partial charge in [-0.15, -0.1) is 0 Å². The minimum atomic E-state index is -1.09. The van der Waals surface area contributed by atoms with Crippen LogP contribution >= 0.6 is 15.9 Å². The summed E-state index contributed by atoms with van der Waals surface area (Å²) in [5.41, 5.74) is -0.504. The molecule has 1 atom stereocenters. The SMILES string of the molecule is COc1ccc(C(O)C2(O)CCC(C)CC2)c(OC)c1Br. The highest BCUT2D eigenvalue weighted by atomic mass is 79.9. The third-order valence-corrected chi connectivity index (χ3v) is 5.21. The highest BCUT2D eigenvalue weighted by Crippen LogP contribution is 2.46. The summed E-state index contributed by atoms with van der Waals surface area (Å²) in [6, 6.07) is 3.52. The number of hydrogen-bond donors (Lipinski definition) is 2. The predicted octanol–water partition coefficient (Wildman–Crippen LogP) is 3.44. The van der Waals surface area contributed by atoms with E-state index >= 15 is 0 Å². The molecule has 0 aromatic heterocycles. The van der Waals surface area contributed by atoms with E-state index in [0.29, 0.717) is 40.3 Å². The van der Waals surface area contributed by atoms with Gasteiger partial charge >= 0.3 is 0 Å². The second-order valence-corrected chi connectivity index (χ2v) is 6.69. The molecule has 1 aliphatic rings. The summed E-state index contributed by atoms with van der Waals surface area (Å²) in [4.78, 5) is 0. The Labute approximate surface area is 134 Å². The van der Waals surface area contributed by atoms with Crippen molar-refractivity contribution in [3.05, 3.63) is 22.2 Å². The first kappa shape index (κ1) is 16.6. The van der Waals surface area contributed by atoms with Crippen molar-refractivity contribution in [2.75, 3.05) is 14.2 Å². The number of benzene rings is 1. The lowest BCUT2D eigenvalue weighted by Crippen LogP contribution is -2.40. The van der Waals surface area contributed by atoms with Crippen molar-refractivity contribution in [3.63, 3.8) is 0 Å². The molecule has 1 saturated carbocycles. The van der Waals surface area contributed by atoms with Crippen LogP contribution in [0.3, 0.4) is 0 Å². The molecule has 0 amide bonds. The second-order valence-electron chi connectivity index (χ2n) is 5.89. The summed E-state index contributed by atoms with van der Waals surface area (Å²) in [5, 5.41) is 21.5. The normalized spacial score (nSPS) is 27.2. The molecule has 21 heavy (non-hydrogen) atoms. The summed E-state index contributed by atoms with van der Waals surface area (Å²) >= 11 is 3.43. The van der Waals surface area contributed by atoms with Crippen molar-refractivity contribution in [1.82, 2.24) is 0 Å². The van der Waals surface area contributed by atoms with E-state index in [4.69, 9.17) is 9.47 Å². The van der Waals surface area contributed by atoms with Gasteiger partial charge in [0.15, 0.2) is 0 Å². The fraction of sp³-hybridized carbons (Fsp3) is 0.625. The van der Waals surface area contributed by atoms with Crippen LogP contribution in [0.4, 0.5) is 0 Å². The summed E-state index contributed by atoms with van der Waals surface area (Å²) in [6.07, 6.45) is 2.08. The van der Waals surface area contributed by atoms with Gasteiger partial charge in [0.05, 0.1) is 19.8 Å². The molecule has 1 aromatic rings. The Morgan fingerprint density at radius 2 is 1.86 bits per heavy atom. The summed E-state index contributed by atoms with van der Waals surface area (Å²) in [6.45, 7) is 2.18. The lowest BCUT2D eigenvalue weighted by Gasteiger charge is -2.39. The summed E-state index contributed by atoms with van der Waals surface area (Å²) < 4.78 is 11.3. The van der Waals surface area contributed by atoms with E-state index in [0.717, 1.165) is 12.8 Å². The van der Waals surface area contributed by atoms with Gasteiger partial charge in [0.1, 0.15) is 22.1 Å². The zero-order valence-electron chi connectivity index (χ0n) is 12.7. The Morgan fingerprint density at radius 1 is 1.24 bits per heavy atom. The molecule has 118 valence electrons. The standard InChI is InChI=1S/C16H23BrO4/c1-10-6-8-16(19,9-7-10)15(18)11-4-5-12(20-2)13(17)14(11)21-3/h4-5,10,15,18-19H,6-9H2,1-3H3. The van der Waals surface area contributed by atoms with E-state index in [2.05, 4.69) is 22.9 Å². The molecular weight excluding hydrogens is 336 g/mol. The first-order valence-corrected chi connectivity index (χ1v) is 8.03. The van der Waals surface area contributed by atoms with E-state index in [-0.39, 0.29) is 0 Å². The average molecular weight is 359 g/mol. The summed E-state index contributed by atoms with van der Waals surface area (Å²) in [5.74, 6) is 1.74. The van der Waals surface area contributed by atoms with Gasteiger partial charge < -0.3 is 19.7 Å². The van der Waals surface area contributed by atoms with Gasteiger partial charge in [-0.05, 0) is 59.7 Å². The lowest BCUT2D eigenvalue weighted by atomic mass is 9.75. The van der Waals surface area contributed by atoms with Crippen LogP contribution < -0.4 is 9.47 Å². The van der Waals surface area contributed by atoms with Crippen LogP contribution in [0.25, 0.3) is 0 Å². The molecule has 0 saturated heterocycles. The van der Waals surface area contributed by atoms with Crippen LogP contribution in [0.15, 0.2) is 16.6 Å². The number of rotatable bonds is 4. The molecule has 0 bridgehead atoms. The average Bonchev–Trinajstić information content (AvgIpc) is 2.49. The molecule has 1 fully saturated rings. The minimum Gasteiger partial charge on any atom is -0.495 e. The monoisotopic (exact) mass is 358 g/mol. The molecule has 5 heteroatoms. The molecule has 0 aliphatic heterocycles. The van der Waals surface area contributed by atoms with Crippen LogP contribution in [-0.4, -0.2) is 30.0 Å². The highest BCUT2D eigenvalue weighted by molar-refractivity contribution is 9.10. The van der Waals surface area contributed by atoms with Crippen LogP contribution in [0.1, 0.15) is 44.3 Å². The quantitative estimate of drug-likeness (QED) is 0.865. The van der Waals surface area contributed by atoms with Crippen molar-refractivity contribution < 1.29 is 19.7 Å². The van der Waals surface area contributed by atoms with Gasteiger partial charge in [-0.3, -0.25) is 0 Å². The van der Waals surface area contributed by atoms with Crippen molar-refractivity contribution in [1.29, 1.82) is 0 Å². The van der Waals surface area contributed by atoms with E-state index < -0.39 is 11.7 Å². The fourth-order valence-corrected chi connectivity index (χ4v) is 3.64. The van der Waals surface area contributed by atoms with Crippen molar-refractivity contribution in [2.45, 2.75) is 44.3 Å². The minimum absolute atomic E-state index is 0.508. The Balaban J connectivity index is 2.35. The largest absolute Gasteiger partial charge is 0.495 e. The number of ether oxygens (including phenoxy) is 2. The number of aliphatic hydroxyl groups is 2. The molecule has 4 nitrogen and oxygen atoms in total. The molecule has 1 aromatic carbocycles. The molecule has 1 aliphatic carbocycles. The molecule has 1 unspecified atom stereocenters. The molecule has 0 heterocycles. The third kappa shape index (κ3) is 3.20. The van der Waals surface area contributed by atoms with Gasteiger partial charge in [0, 0.05) is 5.56 Å². The third-order valence-electron chi connectivity index (χ3n) is 4.46. The number of methoxy groups -OCH3 is 2. The molecule has 2 N–H and O–H groups in total. The maximum absolute atomic E-state index is 10.8. The zero-order chi connectivity index (χ0) is 15.6. The van der Waals surface area contributed by atoms with Crippen LogP contribution in [0.2, 0.25) is 0 Å². The molecule has 0 spiro atoms. The Morgan fingerprint density at radius 3 is 2.38 bits per heavy atom. The Kier molecular flexibility index (Phi) is 5.17. The number of halogens is 1. The summed E-state index contributed by atoms with van der Waals surface area (Å²) in [7, 11) is 3.12. The van der Waals surface area contributed by atoms with Crippen LogP contribution in [0.5, 0.6) is 11.5 Å². The van der Waals surface area contributed by atoms with Gasteiger partial charge in [-0.2, -0.15) is 0 Å². The van der Waals surface area contributed by atoms with Crippen LogP contribution in [-0.2, 0) is 0 Å². The van der Waals surface area contributed by atoms with Crippen molar-refractivity contribution in [3.8, 4) is 11.5 Å². The molecule has 2 rings (SSSR count). The lowest BCUT2D eigenvalue weighted by molar-refractivity contribution is -0.106. The van der Waals surface area contributed by atoms with Gasteiger partial charge in [-0.25, -0.2) is 0 Å². The van der Waals surface area contributed by atoms with E-state index in [9.17, 15) is 10.2 Å². The van der Waals surface area contributed by atoms with Crippen molar-refractivity contribution in [2.24, 2.45) is 5.92 Å². The second kappa shape index (κ2) is 6.55. The molecule has 0 radical (unpaired) electrons. The van der Waals surface area contributed by atoms with E-state index in [1.54, 1.807) is 26.4 Å². The van der Waals surface area contributed by atoms with Gasteiger partial charge in [-0.1, -0.05) is 6.92 Å². The highest BCUT2D eigenvalue weighted by Gasteiger charge is 2.41. The molecular formula is C16H23BrO4. The Hall–Kier alpha value is -0.780. The predicted molar refractivity (Wildman–Crippen MR) is 84.8 cm³/mol. The number of aliphatic hydroxyl groups excluding tert-OH is 1. The maximum Gasteiger partial charge on any atom is 0.142 e. The van der Waals surface area contributed by atoms with Crippen molar-refractivity contribution >= 4 is 15.9 Å². The maximum atomic E-state index is 10.8. The van der Waals surface area contributed by atoms with Gasteiger partial charge in [0.2, 0.25) is 0 Å².